The van der Waals surface area contributed by atoms with Crippen LogP contribution in [0.4, 0.5) is 5.69 Å². The van der Waals surface area contributed by atoms with E-state index < -0.39 is 15.2 Å². The van der Waals surface area contributed by atoms with Crippen molar-refractivity contribution in [1.82, 2.24) is 0 Å². The van der Waals surface area contributed by atoms with Crippen molar-refractivity contribution in [2.24, 2.45) is 4.99 Å². The third-order valence-electron chi connectivity index (χ3n) is 3.04. The number of benzene rings is 2. The number of halogens is 3. The first-order valence-electron chi connectivity index (χ1n) is 6.52. The van der Waals surface area contributed by atoms with Gasteiger partial charge in [-0.15, -0.1) is 8.19 Å². The van der Waals surface area contributed by atoms with E-state index in [1.165, 1.54) is 21.4 Å². The van der Waals surface area contributed by atoms with Gasteiger partial charge in [-0.1, -0.05) is 42.5 Å². The maximum atomic E-state index is 5.01. The van der Waals surface area contributed by atoms with Crippen LogP contribution >= 0.6 is 35.8 Å². The minimum absolute atomic E-state index is 0.747. The van der Waals surface area contributed by atoms with E-state index in [1.54, 1.807) is 0 Å². The molecular formula is C16H14Cl3NPTa. The zero-order valence-electron chi connectivity index (χ0n) is 11.8. The van der Waals surface area contributed by atoms with Crippen molar-refractivity contribution in [2.75, 3.05) is 0 Å². The van der Waals surface area contributed by atoms with Gasteiger partial charge in [0.2, 0.25) is 0 Å². The van der Waals surface area contributed by atoms with Gasteiger partial charge in [-0.05, 0) is 35.1 Å². The molecule has 114 valence electrons. The molecule has 22 heavy (non-hydrogen) atoms. The van der Waals surface area contributed by atoms with Gasteiger partial charge in [-0.25, -0.2) is 0 Å². The number of aryl methyl sites for hydroxylation is 1. The quantitative estimate of drug-likeness (QED) is 0.312. The van der Waals surface area contributed by atoms with Gasteiger partial charge in [0.25, 0.3) is 0 Å². The Morgan fingerprint density at radius 1 is 0.909 bits per heavy atom. The van der Waals surface area contributed by atoms with Crippen molar-refractivity contribution in [3.63, 3.8) is 0 Å². The third kappa shape index (κ3) is 5.44. The molecule has 3 rings (SSSR count). The van der Waals surface area contributed by atoms with Gasteiger partial charge >= 0.3 is 42.8 Å². The van der Waals surface area contributed by atoms with Crippen LogP contribution in [0.3, 0.4) is 0 Å². The van der Waals surface area contributed by atoms with Crippen molar-refractivity contribution in [3.05, 3.63) is 65.2 Å². The summed E-state index contributed by atoms with van der Waals surface area (Å²) in [6.07, 6.45) is 2.02. The minimum atomic E-state index is -2.18. The predicted octanol–water partition coefficient (Wildman–Crippen LogP) is 7.00. The summed E-state index contributed by atoms with van der Waals surface area (Å²) < 4.78 is 0. The first kappa shape index (κ1) is 18.1. The first-order chi connectivity index (χ1) is 10.6. The summed E-state index contributed by atoms with van der Waals surface area (Å²) in [5.74, 6) is 0. The van der Waals surface area contributed by atoms with Gasteiger partial charge in [-0.3, -0.25) is 4.99 Å². The Morgan fingerprint density at radius 3 is 2.09 bits per heavy atom. The summed E-state index contributed by atoms with van der Waals surface area (Å²) in [6.45, 7) is 2.21. The van der Waals surface area contributed by atoms with Crippen molar-refractivity contribution < 1.29 is 15.2 Å². The molecule has 0 fully saturated rings. The second kappa shape index (κ2) is 9.15. The number of hydrogen-bond acceptors (Lipinski definition) is 1. The second-order valence-corrected chi connectivity index (χ2v) is 20.0. The van der Waals surface area contributed by atoms with E-state index in [2.05, 4.69) is 36.2 Å². The van der Waals surface area contributed by atoms with Crippen molar-refractivity contribution >= 4 is 58.4 Å². The molecule has 6 heteroatoms. The maximum absolute atomic E-state index is 5.01. The van der Waals surface area contributed by atoms with Crippen LogP contribution in [0, 0.1) is 6.92 Å². The molecule has 0 bridgehead atoms. The van der Waals surface area contributed by atoms with E-state index in [0.717, 1.165) is 13.9 Å². The summed E-state index contributed by atoms with van der Waals surface area (Å²) in [5, 5.41) is 5.52. The van der Waals surface area contributed by atoms with E-state index in [1.807, 2.05) is 36.5 Å². The number of aliphatic imine (C=N–C) groups is 1. The van der Waals surface area contributed by atoms with Gasteiger partial charge in [0.05, 0.1) is 5.69 Å². The van der Waals surface area contributed by atoms with Crippen LogP contribution in [0.1, 0.15) is 10.6 Å². The van der Waals surface area contributed by atoms with Crippen LogP contribution in [0.5, 0.6) is 0 Å². The summed E-state index contributed by atoms with van der Waals surface area (Å²) in [5.41, 5.74) is 1.01. The molecule has 0 amide bonds. The van der Waals surface area contributed by atoms with Gasteiger partial charge in [0, 0.05) is 11.5 Å². The molecule has 3 aromatic rings. The number of rotatable bonds is 2. The number of para-hydroxylation sites is 1. The molecule has 1 aromatic heterocycles. The van der Waals surface area contributed by atoms with Crippen LogP contribution in [0.25, 0.3) is 10.8 Å². The van der Waals surface area contributed by atoms with Crippen molar-refractivity contribution in [1.29, 1.82) is 0 Å². The summed E-state index contributed by atoms with van der Waals surface area (Å²) in [6, 6.07) is 18.7. The van der Waals surface area contributed by atoms with Crippen LogP contribution in [-0.2, 0) is 15.2 Å². The Bertz CT molecular complexity index is 754. The molecule has 1 unspecified atom stereocenters. The van der Waals surface area contributed by atoms with E-state index in [-0.39, 0.29) is 0 Å². The molecule has 0 saturated carbocycles. The molecule has 1 heterocycles. The topological polar surface area (TPSA) is 12.4 Å². The Kier molecular flexibility index (Phi) is 7.53. The molecule has 0 saturated heterocycles. The van der Waals surface area contributed by atoms with E-state index in [9.17, 15) is 0 Å². The van der Waals surface area contributed by atoms with Crippen molar-refractivity contribution in [2.45, 2.75) is 6.92 Å². The summed E-state index contributed by atoms with van der Waals surface area (Å²) in [7, 11) is 15.8. The summed E-state index contributed by atoms with van der Waals surface area (Å²) >= 11 is -2.18. The van der Waals surface area contributed by atoms with Crippen LogP contribution < -0.4 is 0 Å². The van der Waals surface area contributed by atoms with E-state index in [4.69, 9.17) is 27.6 Å². The average Bonchev–Trinajstić information content (AvgIpc) is 2.83. The Balaban J connectivity index is 0.000000396. The average molecular weight is 539 g/mol. The molecular weight excluding hydrogens is 524 g/mol. The monoisotopic (exact) mass is 537 g/mol. The molecule has 1 nitrogen and oxygen atoms in total. The van der Waals surface area contributed by atoms with E-state index in [0.29, 0.717) is 0 Å². The third-order valence-corrected chi connectivity index (χ3v) is 4.35. The van der Waals surface area contributed by atoms with Crippen LogP contribution in [0.2, 0.25) is 0 Å². The SMILES string of the molecule is Cc1[pH]c(C=Nc2ccccc2)c2ccccc12.[Cl][Ta]([Cl])[Cl]. The fourth-order valence-corrected chi connectivity index (χ4v) is 3.38. The number of fused-ring (bicyclic) bond motifs is 1. The fourth-order valence-electron chi connectivity index (χ4n) is 2.14. The zero-order valence-corrected chi connectivity index (χ0v) is 18.3. The molecule has 0 aliphatic rings. The Hall–Kier alpha value is -0.240. The Morgan fingerprint density at radius 2 is 1.45 bits per heavy atom. The normalized spacial score (nSPS) is 11.3. The van der Waals surface area contributed by atoms with Gasteiger partial charge in [-0.2, -0.15) is 0 Å². The standard InChI is InChI=1S/C16H14NP.3ClH.Ta/c1-12-14-9-5-6-10-15(14)16(18-12)11-17-13-7-3-2-4-8-13;;;;/h2-11,18H,1H3;3*1H;/q;;;;+3/p-3. The predicted molar refractivity (Wildman–Crippen MR) is 99.4 cm³/mol. The first-order valence-corrected chi connectivity index (χ1v) is 19.5. The molecule has 0 N–H and O–H groups in total. The van der Waals surface area contributed by atoms with Gasteiger partial charge < -0.3 is 0 Å². The number of nitrogens with zero attached hydrogens (tertiary/aromatic N) is 1. The summed E-state index contributed by atoms with van der Waals surface area (Å²) in [4.78, 5) is 4.55. The van der Waals surface area contributed by atoms with E-state index >= 15 is 0 Å². The van der Waals surface area contributed by atoms with Gasteiger partial charge in [0.15, 0.2) is 0 Å². The zero-order chi connectivity index (χ0) is 15.9. The molecule has 0 aliphatic heterocycles. The molecule has 0 aliphatic carbocycles. The van der Waals surface area contributed by atoms with Gasteiger partial charge in [0.1, 0.15) is 0 Å². The van der Waals surface area contributed by atoms with Crippen LogP contribution in [0.15, 0.2) is 59.6 Å². The van der Waals surface area contributed by atoms with Crippen molar-refractivity contribution in [3.8, 4) is 0 Å². The molecule has 2 aromatic carbocycles. The second-order valence-electron chi connectivity index (χ2n) is 4.49. The van der Waals surface area contributed by atoms with Crippen LogP contribution in [-0.4, -0.2) is 6.21 Å². The molecule has 1 atom stereocenters. The molecule has 0 spiro atoms. The number of hydrogen-bond donors (Lipinski definition) is 0. The fraction of sp³-hybridized carbons (Fsp3) is 0.0625. The molecule has 0 radical (unpaired) electrons. The Labute approximate surface area is 150 Å².